The van der Waals surface area contributed by atoms with Gasteiger partial charge in [-0.2, -0.15) is 0 Å². The van der Waals surface area contributed by atoms with Crippen molar-refractivity contribution in [3.63, 3.8) is 0 Å². The van der Waals surface area contributed by atoms with Gasteiger partial charge in [0.15, 0.2) is 10.9 Å². The maximum atomic E-state index is 13.0. The van der Waals surface area contributed by atoms with E-state index in [4.69, 9.17) is 5.11 Å². The number of amides is 1. The summed E-state index contributed by atoms with van der Waals surface area (Å²) < 4.78 is 0. The predicted octanol–water partition coefficient (Wildman–Crippen LogP) is 3.96. The number of fused-ring (bicyclic) bond motifs is 1. The number of carbonyl (C=O) groups is 3. The Morgan fingerprint density at radius 1 is 1.29 bits per heavy atom. The number of rotatable bonds is 4. The van der Waals surface area contributed by atoms with Crippen LogP contribution in [-0.2, 0) is 11.2 Å². The van der Waals surface area contributed by atoms with Gasteiger partial charge in [0.05, 0.1) is 11.3 Å². The van der Waals surface area contributed by atoms with Crippen LogP contribution in [0.4, 0.5) is 5.13 Å². The van der Waals surface area contributed by atoms with Crippen LogP contribution in [0.15, 0.2) is 29.2 Å². The second kappa shape index (κ2) is 7.31. The standard InChI is InChI=1S/C21H20N2O4S/c1-12(24)23(17-6-7-17)21-22-16(11-28-21)10-14-4-2-3-13-9-15(20(26)27)5-8-18(13)19(14)25/h5,8-11,17H,2-4,6-7H2,1H3,(H,26,27)/b14-10-. The van der Waals surface area contributed by atoms with Crippen LogP contribution in [0, 0.1) is 0 Å². The Kier molecular flexibility index (Phi) is 4.85. The molecule has 6 nitrogen and oxygen atoms in total. The minimum atomic E-state index is -0.990. The molecule has 0 atom stereocenters. The van der Waals surface area contributed by atoms with Gasteiger partial charge in [0.25, 0.3) is 0 Å². The summed E-state index contributed by atoms with van der Waals surface area (Å²) in [6.07, 6.45) is 5.86. The summed E-state index contributed by atoms with van der Waals surface area (Å²) in [7, 11) is 0. The van der Waals surface area contributed by atoms with Gasteiger partial charge in [0.1, 0.15) is 0 Å². The van der Waals surface area contributed by atoms with Crippen molar-refractivity contribution in [1.82, 2.24) is 4.98 Å². The maximum absolute atomic E-state index is 13.0. The van der Waals surface area contributed by atoms with E-state index in [1.54, 1.807) is 30.0 Å². The molecule has 0 saturated heterocycles. The molecule has 0 radical (unpaired) electrons. The largest absolute Gasteiger partial charge is 0.478 e. The zero-order valence-corrected chi connectivity index (χ0v) is 16.3. The fourth-order valence-electron chi connectivity index (χ4n) is 3.56. The first-order valence-corrected chi connectivity index (χ1v) is 10.2. The van der Waals surface area contributed by atoms with Crippen molar-refractivity contribution >= 4 is 40.2 Å². The maximum Gasteiger partial charge on any atom is 0.335 e. The molecule has 2 aromatic rings. The Balaban J connectivity index is 1.62. The number of hydrogen-bond donors (Lipinski definition) is 1. The molecule has 2 aliphatic carbocycles. The lowest BCUT2D eigenvalue weighted by molar-refractivity contribution is -0.116. The Morgan fingerprint density at radius 3 is 2.75 bits per heavy atom. The van der Waals surface area contributed by atoms with Gasteiger partial charge in [-0.15, -0.1) is 11.3 Å². The molecule has 4 rings (SSSR count). The first-order chi connectivity index (χ1) is 13.4. The van der Waals surface area contributed by atoms with E-state index in [-0.39, 0.29) is 23.3 Å². The zero-order chi connectivity index (χ0) is 19.8. The molecule has 0 aliphatic heterocycles. The fourth-order valence-corrected chi connectivity index (χ4v) is 4.46. The minimum absolute atomic E-state index is 0.00948. The number of aryl methyl sites for hydroxylation is 1. The van der Waals surface area contributed by atoms with E-state index in [1.165, 1.54) is 17.4 Å². The van der Waals surface area contributed by atoms with Crippen molar-refractivity contribution in [3.05, 3.63) is 51.5 Å². The van der Waals surface area contributed by atoms with E-state index in [0.29, 0.717) is 34.8 Å². The van der Waals surface area contributed by atoms with Crippen LogP contribution in [0.2, 0.25) is 0 Å². The van der Waals surface area contributed by atoms with Crippen LogP contribution in [0.25, 0.3) is 6.08 Å². The molecule has 144 valence electrons. The van der Waals surface area contributed by atoms with E-state index in [0.717, 1.165) is 24.8 Å². The highest BCUT2D eigenvalue weighted by Crippen LogP contribution is 2.34. The molecule has 0 unspecified atom stereocenters. The van der Waals surface area contributed by atoms with Gasteiger partial charge in [0.2, 0.25) is 5.91 Å². The summed E-state index contributed by atoms with van der Waals surface area (Å²) in [6, 6.07) is 4.93. The molecule has 0 bridgehead atoms. The average Bonchev–Trinajstić information content (AvgIpc) is 3.40. The van der Waals surface area contributed by atoms with Gasteiger partial charge in [-0.25, -0.2) is 9.78 Å². The lowest BCUT2D eigenvalue weighted by Gasteiger charge is -2.16. The van der Waals surface area contributed by atoms with Crippen molar-refractivity contribution < 1.29 is 19.5 Å². The van der Waals surface area contributed by atoms with E-state index in [9.17, 15) is 14.4 Å². The van der Waals surface area contributed by atoms with Crippen LogP contribution in [0.1, 0.15) is 64.6 Å². The van der Waals surface area contributed by atoms with Gasteiger partial charge in [-0.1, -0.05) is 0 Å². The number of carboxylic acid groups (broad SMARTS) is 1. The summed E-state index contributed by atoms with van der Waals surface area (Å²) in [5.41, 5.74) is 2.89. The highest BCUT2D eigenvalue weighted by atomic mass is 32.1. The average molecular weight is 396 g/mol. The molecule has 28 heavy (non-hydrogen) atoms. The smallest absolute Gasteiger partial charge is 0.335 e. The molecule has 2 aliphatic rings. The lowest BCUT2D eigenvalue weighted by atomic mass is 9.97. The number of hydrogen-bond acceptors (Lipinski definition) is 5. The molecular weight excluding hydrogens is 376 g/mol. The summed E-state index contributed by atoms with van der Waals surface area (Å²) in [5.74, 6) is -1.08. The number of Topliss-reactive ketones (excluding diaryl/α,β-unsaturated/α-hetero) is 1. The molecule has 1 aromatic heterocycles. The first-order valence-electron chi connectivity index (χ1n) is 9.31. The molecule has 1 amide bonds. The normalized spacial score (nSPS) is 17.9. The third kappa shape index (κ3) is 3.62. The van der Waals surface area contributed by atoms with Crippen LogP contribution in [-0.4, -0.2) is 33.8 Å². The van der Waals surface area contributed by atoms with Crippen molar-refractivity contribution in [2.24, 2.45) is 0 Å². The molecule has 1 heterocycles. The summed E-state index contributed by atoms with van der Waals surface area (Å²) in [4.78, 5) is 42.4. The number of nitrogens with zero attached hydrogens (tertiary/aromatic N) is 2. The number of ketones is 1. The number of anilines is 1. The van der Waals surface area contributed by atoms with E-state index >= 15 is 0 Å². The third-order valence-electron chi connectivity index (χ3n) is 5.07. The minimum Gasteiger partial charge on any atom is -0.478 e. The number of aromatic carboxylic acids is 1. The highest BCUT2D eigenvalue weighted by Gasteiger charge is 2.33. The highest BCUT2D eigenvalue weighted by molar-refractivity contribution is 7.14. The van der Waals surface area contributed by atoms with Gasteiger partial charge in [0, 0.05) is 29.5 Å². The second-order valence-corrected chi connectivity index (χ2v) is 8.04. The Morgan fingerprint density at radius 2 is 2.07 bits per heavy atom. The number of thiazole rings is 1. The number of aromatic nitrogens is 1. The van der Waals surface area contributed by atoms with Crippen LogP contribution < -0.4 is 4.90 Å². The van der Waals surface area contributed by atoms with Gasteiger partial charge < -0.3 is 5.11 Å². The van der Waals surface area contributed by atoms with Gasteiger partial charge in [-0.05, 0) is 61.9 Å². The number of benzene rings is 1. The third-order valence-corrected chi connectivity index (χ3v) is 5.93. The second-order valence-electron chi connectivity index (χ2n) is 7.20. The SMILES string of the molecule is CC(=O)N(c1nc(/C=C2/CCCc3cc(C(=O)O)ccc3C2=O)cs1)C1CC1. The number of carbonyl (C=O) groups excluding carboxylic acids is 2. The van der Waals surface area contributed by atoms with Crippen molar-refractivity contribution in [3.8, 4) is 0 Å². The summed E-state index contributed by atoms with van der Waals surface area (Å²) >= 11 is 1.41. The summed E-state index contributed by atoms with van der Waals surface area (Å²) in [6.45, 7) is 1.55. The van der Waals surface area contributed by atoms with Gasteiger partial charge >= 0.3 is 5.97 Å². The number of carboxylic acids is 1. The van der Waals surface area contributed by atoms with Crippen molar-refractivity contribution in [1.29, 1.82) is 0 Å². The Hall–Kier alpha value is -2.80. The number of allylic oxidation sites excluding steroid dienone is 1. The monoisotopic (exact) mass is 396 g/mol. The Labute approximate surface area is 166 Å². The topological polar surface area (TPSA) is 87.6 Å². The molecule has 1 aromatic carbocycles. The predicted molar refractivity (Wildman–Crippen MR) is 107 cm³/mol. The fraction of sp³-hybridized carbons (Fsp3) is 0.333. The first kappa shape index (κ1) is 18.6. The quantitative estimate of drug-likeness (QED) is 0.624. The van der Waals surface area contributed by atoms with Crippen LogP contribution in [0.5, 0.6) is 0 Å². The van der Waals surface area contributed by atoms with Crippen LogP contribution >= 0.6 is 11.3 Å². The van der Waals surface area contributed by atoms with Gasteiger partial charge in [-0.3, -0.25) is 14.5 Å². The van der Waals surface area contributed by atoms with E-state index in [1.807, 2.05) is 5.38 Å². The zero-order valence-electron chi connectivity index (χ0n) is 15.5. The lowest BCUT2D eigenvalue weighted by Crippen LogP contribution is -2.30. The van der Waals surface area contributed by atoms with Crippen molar-refractivity contribution in [2.45, 2.75) is 45.1 Å². The Bertz CT molecular complexity index is 1000. The van der Waals surface area contributed by atoms with E-state index in [2.05, 4.69) is 4.98 Å². The summed E-state index contributed by atoms with van der Waals surface area (Å²) in [5, 5.41) is 11.7. The molecular formula is C21H20N2O4S. The molecule has 1 N–H and O–H groups in total. The van der Waals surface area contributed by atoms with E-state index < -0.39 is 5.97 Å². The molecule has 1 saturated carbocycles. The molecule has 0 spiro atoms. The van der Waals surface area contributed by atoms with Crippen LogP contribution in [0.3, 0.4) is 0 Å². The molecule has 1 fully saturated rings. The van der Waals surface area contributed by atoms with Crippen molar-refractivity contribution in [2.75, 3.05) is 4.90 Å². The molecule has 7 heteroatoms.